The van der Waals surface area contributed by atoms with Crippen LogP contribution in [0.2, 0.25) is 0 Å². The topological polar surface area (TPSA) is 68.3 Å². The molecule has 5 nitrogen and oxygen atoms in total. The number of thiazole rings is 1. The van der Waals surface area contributed by atoms with Gasteiger partial charge in [-0.25, -0.2) is 4.98 Å². The molecule has 1 aliphatic carbocycles. The lowest BCUT2D eigenvalue weighted by Crippen LogP contribution is -2.35. The maximum absolute atomic E-state index is 11.3. The van der Waals surface area contributed by atoms with Gasteiger partial charge >= 0.3 is 0 Å². The SMILES string of the molecule is CC(=O)C[N+]1(C)C=C(c2nc(N)sc2C2CC2)C=N1. The van der Waals surface area contributed by atoms with Crippen molar-refractivity contribution in [2.75, 3.05) is 19.3 Å². The van der Waals surface area contributed by atoms with Crippen molar-refractivity contribution in [1.29, 1.82) is 0 Å². The van der Waals surface area contributed by atoms with Gasteiger partial charge in [-0.1, -0.05) is 5.10 Å². The smallest absolute Gasteiger partial charge is 0.186 e. The molecular formula is C13H17N4OS+. The predicted molar refractivity (Wildman–Crippen MR) is 76.7 cm³/mol. The summed E-state index contributed by atoms with van der Waals surface area (Å²) in [6, 6.07) is 0. The number of Topliss-reactive ketones (excluding diaryl/α,β-unsaturated/α-hetero) is 1. The number of nitrogens with two attached hydrogens (primary N) is 1. The third-order valence-corrected chi connectivity index (χ3v) is 4.36. The van der Waals surface area contributed by atoms with E-state index in [0.717, 1.165) is 11.3 Å². The number of hydrogen-bond donors (Lipinski definition) is 1. The van der Waals surface area contributed by atoms with Crippen LogP contribution >= 0.6 is 11.3 Å². The molecule has 2 aliphatic rings. The molecule has 19 heavy (non-hydrogen) atoms. The number of likely N-dealkylation sites (N-methyl/N-ethyl adjacent to an activating group) is 1. The van der Waals surface area contributed by atoms with Crippen LogP contribution in [0.3, 0.4) is 0 Å². The summed E-state index contributed by atoms with van der Waals surface area (Å²) in [5.41, 5.74) is 7.78. The van der Waals surface area contributed by atoms with E-state index in [1.165, 1.54) is 17.7 Å². The number of allylic oxidation sites excluding steroid dienone is 1. The summed E-state index contributed by atoms with van der Waals surface area (Å²) in [5, 5.41) is 5.03. The Hall–Kier alpha value is -1.53. The quantitative estimate of drug-likeness (QED) is 0.856. The molecule has 1 fully saturated rings. The first-order valence-corrected chi connectivity index (χ1v) is 7.18. The number of carbonyl (C=O) groups is 1. The van der Waals surface area contributed by atoms with Gasteiger partial charge in [0.05, 0.1) is 24.5 Å². The fourth-order valence-corrected chi connectivity index (χ4v) is 3.42. The van der Waals surface area contributed by atoms with Crippen molar-refractivity contribution < 1.29 is 9.39 Å². The van der Waals surface area contributed by atoms with E-state index in [9.17, 15) is 4.79 Å². The Bertz CT molecular complexity index is 600. The number of nitrogens with zero attached hydrogens (tertiary/aromatic N) is 3. The Morgan fingerprint density at radius 3 is 2.95 bits per heavy atom. The highest BCUT2D eigenvalue weighted by atomic mass is 32.1. The van der Waals surface area contributed by atoms with Crippen LogP contribution in [0, 0.1) is 0 Å². The van der Waals surface area contributed by atoms with Gasteiger partial charge in [0.1, 0.15) is 6.20 Å². The van der Waals surface area contributed by atoms with E-state index in [-0.39, 0.29) is 10.4 Å². The summed E-state index contributed by atoms with van der Waals surface area (Å²) < 4.78 is 0.270. The van der Waals surface area contributed by atoms with Gasteiger partial charge in [0, 0.05) is 11.8 Å². The average Bonchev–Trinajstić information content (AvgIpc) is 2.98. The fourth-order valence-electron chi connectivity index (χ4n) is 2.40. The number of carbonyl (C=O) groups excluding carboxylic acids is 1. The van der Waals surface area contributed by atoms with Crippen LogP contribution in [0.5, 0.6) is 0 Å². The zero-order valence-electron chi connectivity index (χ0n) is 11.1. The molecule has 1 saturated carbocycles. The molecule has 0 radical (unpaired) electrons. The lowest BCUT2D eigenvalue weighted by Gasteiger charge is -2.17. The van der Waals surface area contributed by atoms with E-state index >= 15 is 0 Å². The molecule has 1 aliphatic heterocycles. The maximum atomic E-state index is 11.3. The summed E-state index contributed by atoms with van der Waals surface area (Å²) in [5.74, 6) is 0.739. The Morgan fingerprint density at radius 1 is 1.58 bits per heavy atom. The number of aromatic nitrogens is 1. The van der Waals surface area contributed by atoms with Crippen LogP contribution in [0.4, 0.5) is 5.13 Å². The highest BCUT2D eigenvalue weighted by Crippen LogP contribution is 2.46. The van der Waals surface area contributed by atoms with Crippen LogP contribution < -0.4 is 5.73 Å². The second kappa shape index (κ2) is 4.25. The second-order valence-electron chi connectivity index (χ2n) is 5.44. The Kier molecular flexibility index (Phi) is 2.79. The van der Waals surface area contributed by atoms with Gasteiger partial charge in [-0.2, -0.15) is 4.59 Å². The number of rotatable bonds is 4. The molecule has 1 aromatic heterocycles. The molecule has 1 aromatic rings. The van der Waals surface area contributed by atoms with Crippen molar-refractivity contribution in [1.82, 2.24) is 4.98 Å². The average molecular weight is 277 g/mol. The van der Waals surface area contributed by atoms with Crippen LogP contribution in [0.25, 0.3) is 5.57 Å². The largest absolute Gasteiger partial charge is 0.375 e. The number of hydrogen-bond acceptors (Lipinski definition) is 5. The van der Waals surface area contributed by atoms with E-state index in [4.69, 9.17) is 5.73 Å². The van der Waals surface area contributed by atoms with E-state index in [1.807, 2.05) is 19.5 Å². The first-order chi connectivity index (χ1) is 8.97. The standard InChI is InChI=1S/C13H17N4OS/c1-8(18)6-17(2)7-10(5-15-17)11-12(9-3-4-9)19-13(14)16-11/h5,7,9H,3-4,6H2,1-2H3,(H2,14,16)/q+1. The van der Waals surface area contributed by atoms with Gasteiger partial charge in [0.15, 0.2) is 17.5 Å². The highest BCUT2D eigenvalue weighted by Gasteiger charge is 2.34. The Morgan fingerprint density at radius 2 is 2.32 bits per heavy atom. The molecule has 0 bridgehead atoms. The molecule has 3 rings (SSSR count). The molecule has 2 heterocycles. The minimum atomic E-state index is 0.123. The molecule has 1 atom stereocenters. The fraction of sp³-hybridized carbons (Fsp3) is 0.462. The molecule has 100 valence electrons. The minimum Gasteiger partial charge on any atom is -0.375 e. The minimum absolute atomic E-state index is 0.123. The van der Waals surface area contributed by atoms with Crippen LogP contribution in [0.1, 0.15) is 36.3 Å². The van der Waals surface area contributed by atoms with Crippen LogP contribution in [-0.2, 0) is 4.79 Å². The lowest BCUT2D eigenvalue weighted by atomic mass is 10.1. The van der Waals surface area contributed by atoms with Crippen molar-refractivity contribution in [3.05, 3.63) is 16.8 Å². The summed E-state index contributed by atoms with van der Waals surface area (Å²) in [6.07, 6.45) is 6.24. The van der Waals surface area contributed by atoms with Crippen LogP contribution in [0.15, 0.2) is 11.3 Å². The van der Waals surface area contributed by atoms with E-state index in [2.05, 4.69) is 10.1 Å². The molecule has 6 heteroatoms. The Balaban J connectivity index is 1.93. The molecule has 0 amide bonds. The molecule has 0 spiro atoms. The van der Waals surface area contributed by atoms with Gasteiger partial charge in [-0.15, -0.1) is 11.3 Å². The van der Waals surface area contributed by atoms with E-state index < -0.39 is 0 Å². The van der Waals surface area contributed by atoms with Crippen molar-refractivity contribution in [2.45, 2.75) is 25.7 Å². The molecule has 0 aromatic carbocycles. The monoisotopic (exact) mass is 277 g/mol. The summed E-state index contributed by atoms with van der Waals surface area (Å²) in [4.78, 5) is 17.0. The van der Waals surface area contributed by atoms with Gasteiger partial charge in [0.2, 0.25) is 0 Å². The molecular weight excluding hydrogens is 260 g/mol. The third-order valence-electron chi connectivity index (χ3n) is 3.31. The normalized spacial score (nSPS) is 25.7. The predicted octanol–water partition coefficient (Wildman–Crippen LogP) is 1.98. The van der Waals surface area contributed by atoms with Crippen molar-refractivity contribution in [3.8, 4) is 0 Å². The van der Waals surface area contributed by atoms with Gasteiger partial charge in [-0.3, -0.25) is 4.79 Å². The highest BCUT2D eigenvalue weighted by molar-refractivity contribution is 7.15. The lowest BCUT2D eigenvalue weighted by molar-refractivity contribution is -0.854. The van der Waals surface area contributed by atoms with Crippen molar-refractivity contribution in [2.24, 2.45) is 5.10 Å². The first kappa shape index (κ1) is 12.5. The van der Waals surface area contributed by atoms with E-state index in [0.29, 0.717) is 17.6 Å². The number of anilines is 1. The van der Waals surface area contributed by atoms with Crippen LogP contribution in [-0.4, -0.2) is 35.2 Å². The maximum Gasteiger partial charge on any atom is 0.186 e. The number of quaternary nitrogens is 1. The van der Waals surface area contributed by atoms with Gasteiger partial charge in [-0.05, 0) is 18.8 Å². The Labute approximate surface area is 116 Å². The summed E-state index contributed by atoms with van der Waals surface area (Å²) in [7, 11) is 1.91. The van der Waals surface area contributed by atoms with Gasteiger partial charge < -0.3 is 5.73 Å². The second-order valence-corrected chi connectivity index (χ2v) is 6.50. The molecule has 1 unspecified atom stereocenters. The third kappa shape index (κ3) is 2.46. The molecule has 0 saturated heterocycles. The number of ketones is 1. The number of nitrogen functional groups attached to an aromatic ring is 1. The zero-order chi connectivity index (χ0) is 13.6. The zero-order valence-corrected chi connectivity index (χ0v) is 11.9. The van der Waals surface area contributed by atoms with Crippen molar-refractivity contribution >= 4 is 34.0 Å². The summed E-state index contributed by atoms with van der Waals surface area (Å²) in [6.45, 7) is 1.96. The van der Waals surface area contributed by atoms with Crippen molar-refractivity contribution in [3.63, 3.8) is 0 Å². The summed E-state index contributed by atoms with van der Waals surface area (Å²) >= 11 is 1.58. The molecule has 2 N–H and O–H groups in total. The first-order valence-electron chi connectivity index (χ1n) is 6.36. The van der Waals surface area contributed by atoms with Gasteiger partial charge in [0.25, 0.3) is 0 Å². The van der Waals surface area contributed by atoms with E-state index in [1.54, 1.807) is 18.3 Å².